The van der Waals surface area contributed by atoms with Crippen molar-refractivity contribution >= 4 is 17.9 Å². The highest BCUT2D eigenvalue weighted by molar-refractivity contribution is 5.71. The first-order valence-corrected chi connectivity index (χ1v) is 35.4. The lowest BCUT2D eigenvalue weighted by molar-refractivity contribution is -0.167. The molecule has 1 unspecified atom stereocenters. The van der Waals surface area contributed by atoms with Crippen LogP contribution in [0.4, 0.5) is 0 Å². The number of esters is 3. The minimum Gasteiger partial charge on any atom is -0.462 e. The quantitative estimate of drug-likeness (QED) is 0.0261. The molecule has 1 atom stereocenters. The second kappa shape index (κ2) is 70.6. The Kier molecular flexibility index (Phi) is 67.2. The molecular formula is C77H132O6. The zero-order valence-corrected chi connectivity index (χ0v) is 54.7. The molecule has 0 aromatic carbocycles. The number of ether oxygens (including phenoxy) is 3. The van der Waals surface area contributed by atoms with Crippen LogP contribution in [0.5, 0.6) is 0 Å². The lowest BCUT2D eigenvalue weighted by atomic mass is 10.0. The Morgan fingerprint density at radius 1 is 0.253 bits per heavy atom. The third kappa shape index (κ3) is 68.7. The predicted molar refractivity (Wildman–Crippen MR) is 362 cm³/mol. The van der Waals surface area contributed by atoms with Gasteiger partial charge in [-0.1, -0.05) is 310 Å². The predicted octanol–water partition coefficient (Wildman–Crippen LogP) is 24.6. The van der Waals surface area contributed by atoms with Crippen molar-refractivity contribution in [3.05, 3.63) is 109 Å². The second-order valence-electron chi connectivity index (χ2n) is 23.4. The molecule has 0 aliphatic carbocycles. The molecule has 0 fully saturated rings. The van der Waals surface area contributed by atoms with Crippen molar-refractivity contribution in [3.8, 4) is 0 Å². The van der Waals surface area contributed by atoms with E-state index < -0.39 is 6.10 Å². The molecule has 0 aliphatic rings. The summed E-state index contributed by atoms with van der Waals surface area (Å²) in [5.41, 5.74) is 0. The third-order valence-corrected chi connectivity index (χ3v) is 15.2. The summed E-state index contributed by atoms with van der Waals surface area (Å²) >= 11 is 0. The first-order valence-electron chi connectivity index (χ1n) is 35.4. The first kappa shape index (κ1) is 79.1. The summed E-state index contributed by atoms with van der Waals surface area (Å²) in [7, 11) is 0. The average Bonchev–Trinajstić information content (AvgIpc) is 3.49. The van der Waals surface area contributed by atoms with Gasteiger partial charge in [0.15, 0.2) is 6.10 Å². The normalized spacial score (nSPS) is 12.8. The summed E-state index contributed by atoms with van der Waals surface area (Å²) in [6, 6.07) is 0. The van der Waals surface area contributed by atoms with Gasteiger partial charge in [-0.05, 0) is 122 Å². The largest absolute Gasteiger partial charge is 0.462 e. The molecule has 83 heavy (non-hydrogen) atoms. The molecule has 0 aromatic heterocycles. The van der Waals surface area contributed by atoms with E-state index in [1.54, 1.807) is 0 Å². The lowest BCUT2D eigenvalue weighted by Crippen LogP contribution is -2.30. The van der Waals surface area contributed by atoms with Gasteiger partial charge in [0.1, 0.15) is 13.2 Å². The fraction of sp³-hybridized carbons (Fsp3) is 0.727. The Morgan fingerprint density at radius 3 is 0.747 bits per heavy atom. The van der Waals surface area contributed by atoms with Crippen LogP contribution in [0.25, 0.3) is 0 Å². The highest BCUT2D eigenvalue weighted by Gasteiger charge is 2.19. The van der Waals surface area contributed by atoms with Crippen molar-refractivity contribution in [1.82, 2.24) is 0 Å². The van der Waals surface area contributed by atoms with Gasteiger partial charge in [-0.25, -0.2) is 0 Å². The Hall–Kier alpha value is -3.93. The van der Waals surface area contributed by atoms with Gasteiger partial charge in [0, 0.05) is 19.3 Å². The molecule has 0 rings (SSSR count). The van der Waals surface area contributed by atoms with Crippen LogP contribution >= 0.6 is 0 Å². The molecule has 6 heteroatoms. The highest BCUT2D eigenvalue weighted by atomic mass is 16.6. The van der Waals surface area contributed by atoms with Crippen LogP contribution in [0, 0.1) is 0 Å². The molecule has 0 aliphatic heterocycles. The van der Waals surface area contributed by atoms with Gasteiger partial charge in [0.2, 0.25) is 0 Å². The smallest absolute Gasteiger partial charge is 0.306 e. The van der Waals surface area contributed by atoms with Crippen molar-refractivity contribution in [2.45, 2.75) is 348 Å². The van der Waals surface area contributed by atoms with Crippen molar-refractivity contribution in [3.63, 3.8) is 0 Å². The van der Waals surface area contributed by atoms with Crippen LogP contribution in [0.3, 0.4) is 0 Å². The summed E-state index contributed by atoms with van der Waals surface area (Å²) in [5, 5.41) is 0. The van der Waals surface area contributed by atoms with Gasteiger partial charge in [-0.2, -0.15) is 0 Å². The van der Waals surface area contributed by atoms with Gasteiger partial charge >= 0.3 is 17.9 Å². The summed E-state index contributed by atoms with van der Waals surface area (Å²) in [6.07, 6.45) is 96.9. The molecule has 0 radical (unpaired) electrons. The maximum absolute atomic E-state index is 12.9. The molecule has 6 nitrogen and oxygen atoms in total. The number of unbranched alkanes of at least 4 members (excludes halogenated alkanes) is 35. The van der Waals surface area contributed by atoms with E-state index in [2.05, 4.69) is 130 Å². The minimum absolute atomic E-state index is 0.0842. The van der Waals surface area contributed by atoms with E-state index in [4.69, 9.17) is 14.2 Å². The molecular weight excluding hydrogens is 1020 g/mol. The van der Waals surface area contributed by atoms with Crippen LogP contribution in [0.15, 0.2) is 109 Å². The van der Waals surface area contributed by atoms with Gasteiger partial charge < -0.3 is 14.2 Å². The Balaban J connectivity index is 4.26. The molecule has 0 amide bonds. The Labute approximate surface area is 514 Å². The zero-order chi connectivity index (χ0) is 59.9. The number of rotatable bonds is 64. The van der Waals surface area contributed by atoms with E-state index in [9.17, 15) is 14.4 Å². The van der Waals surface area contributed by atoms with Crippen LogP contribution in [-0.4, -0.2) is 37.2 Å². The molecule has 0 aromatic rings. The Bertz CT molecular complexity index is 1660. The highest BCUT2D eigenvalue weighted by Crippen LogP contribution is 2.17. The molecule has 0 saturated heterocycles. The van der Waals surface area contributed by atoms with E-state index in [0.29, 0.717) is 19.3 Å². The number of carbonyl (C=O) groups excluding carboxylic acids is 3. The number of hydrogen-bond donors (Lipinski definition) is 0. The first-order chi connectivity index (χ1) is 41.0. The summed E-state index contributed by atoms with van der Waals surface area (Å²) < 4.78 is 17.0. The minimum atomic E-state index is -0.791. The van der Waals surface area contributed by atoms with Crippen molar-refractivity contribution in [2.75, 3.05) is 13.2 Å². The monoisotopic (exact) mass is 1150 g/mol. The zero-order valence-electron chi connectivity index (χ0n) is 54.7. The van der Waals surface area contributed by atoms with E-state index in [0.717, 1.165) is 128 Å². The standard InChI is InChI=1S/C77H132O6/c1-4-7-10-13-16-19-22-25-28-30-32-33-34-35-36-37-38-39-40-41-42-43-45-46-49-52-55-58-61-64-67-70-76(79)82-73-74(72-81-75(78)69-66-63-60-57-54-51-48-27-24-21-18-15-12-9-6-3)83-77(80)71-68-65-62-59-56-53-50-47-44-31-29-26-23-20-17-14-11-8-5-2/h7-8,10-11,16-17,19-20,25-29,32-33,44,47-48,74H,4-6,9,12-15,18,21-24,30-31,34-43,45-46,49-73H2,1-3H3/b10-7-,11-8-,19-16-,20-17-,28-25-,29-26-,33-32-,47-44-,48-27-. The number of allylic oxidation sites excluding steroid dienone is 18. The van der Waals surface area contributed by atoms with E-state index >= 15 is 0 Å². The van der Waals surface area contributed by atoms with Crippen molar-refractivity contribution in [1.29, 1.82) is 0 Å². The maximum Gasteiger partial charge on any atom is 0.306 e. The molecule has 0 heterocycles. The van der Waals surface area contributed by atoms with Crippen LogP contribution in [0.2, 0.25) is 0 Å². The van der Waals surface area contributed by atoms with E-state index in [1.807, 2.05) is 0 Å². The summed E-state index contributed by atoms with van der Waals surface area (Å²) in [6.45, 7) is 6.43. The fourth-order valence-corrected chi connectivity index (χ4v) is 10.0. The van der Waals surface area contributed by atoms with Gasteiger partial charge in [0.05, 0.1) is 0 Å². The topological polar surface area (TPSA) is 78.9 Å². The van der Waals surface area contributed by atoms with Crippen LogP contribution < -0.4 is 0 Å². The number of hydrogen-bond acceptors (Lipinski definition) is 6. The van der Waals surface area contributed by atoms with E-state index in [-0.39, 0.29) is 31.1 Å². The molecule has 0 N–H and O–H groups in total. The maximum atomic E-state index is 12.9. The van der Waals surface area contributed by atoms with Gasteiger partial charge in [0.25, 0.3) is 0 Å². The van der Waals surface area contributed by atoms with Gasteiger partial charge in [-0.15, -0.1) is 0 Å². The second-order valence-corrected chi connectivity index (χ2v) is 23.4. The molecule has 0 spiro atoms. The fourth-order valence-electron chi connectivity index (χ4n) is 10.0. The SMILES string of the molecule is CC/C=C\C/C=C\C/C=C\C/C=C\CCCCCCCCCCCCCCCCCCCCC(=O)OCC(COC(=O)CCCCCCC/C=C\CCCCCCCC)OC(=O)CCCCCCCC/C=C\C/C=C\C/C=C\C/C=C\CC. The summed E-state index contributed by atoms with van der Waals surface area (Å²) in [4.78, 5) is 38.4. The third-order valence-electron chi connectivity index (χ3n) is 15.2. The lowest BCUT2D eigenvalue weighted by Gasteiger charge is -2.18. The Morgan fingerprint density at radius 2 is 0.470 bits per heavy atom. The average molecular weight is 1150 g/mol. The molecule has 476 valence electrons. The van der Waals surface area contributed by atoms with Gasteiger partial charge in [-0.3, -0.25) is 14.4 Å². The van der Waals surface area contributed by atoms with E-state index in [1.165, 1.54) is 173 Å². The number of carbonyl (C=O) groups is 3. The molecule has 0 saturated carbocycles. The van der Waals surface area contributed by atoms with Crippen LogP contribution in [0.1, 0.15) is 342 Å². The van der Waals surface area contributed by atoms with Crippen LogP contribution in [-0.2, 0) is 28.6 Å². The van der Waals surface area contributed by atoms with Crippen molar-refractivity contribution < 1.29 is 28.6 Å². The van der Waals surface area contributed by atoms with Crippen molar-refractivity contribution in [2.24, 2.45) is 0 Å². The molecule has 0 bridgehead atoms. The summed E-state index contributed by atoms with van der Waals surface area (Å²) in [5.74, 6) is -0.892.